The van der Waals surface area contributed by atoms with Gasteiger partial charge in [-0.3, -0.25) is 9.59 Å². The molecule has 2 amide bonds. The van der Waals surface area contributed by atoms with E-state index in [1.807, 2.05) is 6.92 Å². The molecule has 0 aliphatic carbocycles. The summed E-state index contributed by atoms with van der Waals surface area (Å²) in [6, 6.07) is -0.411. The van der Waals surface area contributed by atoms with E-state index in [2.05, 4.69) is 5.32 Å². The number of likely N-dealkylation sites (N-methyl/N-ethyl adjacent to an activating group) is 1. The van der Waals surface area contributed by atoms with Gasteiger partial charge < -0.3 is 16.0 Å². The molecule has 1 unspecified atom stereocenters. The molecule has 0 saturated carbocycles. The van der Waals surface area contributed by atoms with Crippen LogP contribution in [0, 0.1) is 0 Å². The van der Waals surface area contributed by atoms with Gasteiger partial charge in [-0.05, 0) is 6.92 Å². The quantitative estimate of drug-likeness (QED) is 0.649. The third-order valence-electron chi connectivity index (χ3n) is 2.17. The third kappa shape index (κ3) is 3.16. The summed E-state index contributed by atoms with van der Waals surface area (Å²) in [5.74, 6) is -0.462. The van der Waals surface area contributed by atoms with Crippen LogP contribution in [-0.2, 0) is 9.59 Å². The van der Waals surface area contributed by atoms with Crippen molar-refractivity contribution < 1.29 is 9.59 Å². The maximum atomic E-state index is 11.5. The van der Waals surface area contributed by atoms with Gasteiger partial charge >= 0.3 is 0 Å². The first-order valence-electron chi connectivity index (χ1n) is 4.45. The van der Waals surface area contributed by atoms with Crippen molar-refractivity contribution in [2.75, 3.05) is 19.6 Å². The Morgan fingerprint density at radius 3 is 2.86 bits per heavy atom. The minimum Gasteiger partial charge on any atom is -0.370 e. The molecule has 0 spiro atoms. The summed E-state index contributed by atoms with van der Waals surface area (Å²) < 4.78 is 0. The number of piperazine rings is 1. The van der Waals surface area contributed by atoms with Gasteiger partial charge in [-0.2, -0.15) is 0 Å². The summed E-state index contributed by atoms with van der Waals surface area (Å²) in [5, 5.41) is 2.97. The number of carbonyl (C=O) groups excluding carboxylic acids is 2. The largest absolute Gasteiger partial charge is 0.370 e. The van der Waals surface area contributed by atoms with Crippen molar-refractivity contribution in [1.29, 1.82) is 0 Å². The van der Waals surface area contributed by atoms with Crippen LogP contribution in [0.25, 0.3) is 0 Å². The molecule has 1 atom stereocenters. The molecule has 5 nitrogen and oxygen atoms in total. The molecule has 1 saturated heterocycles. The lowest BCUT2D eigenvalue weighted by Gasteiger charge is -2.31. The number of amides is 2. The molecule has 6 heteroatoms. The molecular formula is C8H16ClN3O2. The zero-order valence-electron chi connectivity index (χ0n) is 8.16. The summed E-state index contributed by atoms with van der Waals surface area (Å²) in [5.41, 5.74) is 5.02. The lowest BCUT2D eigenvalue weighted by molar-refractivity contribution is -0.137. The molecule has 1 aliphatic heterocycles. The average Bonchev–Trinajstić information content (AvgIpc) is 2.08. The second-order valence-corrected chi connectivity index (χ2v) is 3.10. The molecule has 1 heterocycles. The predicted molar refractivity (Wildman–Crippen MR) is 55.1 cm³/mol. The fraction of sp³-hybridized carbons (Fsp3) is 0.750. The standard InChI is InChI=1S/C8H15N3O2.ClH/c1-2-11-4-3-10-6(8(11)13)5-7(9)12;/h6,10H,2-5H2,1H3,(H2,9,12);1H. The summed E-state index contributed by atoms with van der Waals surface area (Å²) in [4.78, 5) is 23.9. The van der Waals surface area contributed by atoms with Crippen molar-refractivity contribution in [1.82, 2.24) is 10.2 Å². The van der Waals surface area contributed by atoms with Gasteiger partial charge in [0.2, 0.25) is 11.8 Å². The highest BCUT2D eigenvalue weighted by Crippen LogP contribution is 2.03. The number of primary amides is 1. The van der Waals surface area contributed by atoms with E-state index in [4.69, 9.17) is 5.73 Å². The van der Waals surface area contributed by atoms with Crippen molar-refractivity contribution in [3.8, 4) is 0 Å². The van der Waals surface area contributed by atoms with Crippen LogP contribution in [0.4, 0.5) is 0 Å². The Balaban J connectivity index is 0.00000169. The summed E-state index contributed by atoms with van der Waals surface area (Å²) in [6.45, 7) is 4.06. The highest BCUT2D eigenvalue weighted by atomic mass is 35.5. The van der Waals surface area contributed by atoms with Crippen LogP contribution in [0.5, 0.6) is 0 Å². The van der Waals surface area contributed by atoms with Crippen LogP contribution < -0.4 is 11.1 Å². The van der Waals surface area contributed by atoms with E-state index in [0.29, 0.717) is 13.1 Å². The SMILES string of the molecule is CCN1CCNC(CC(N)=O)C1=O.Cl. The van der Waals surface area contributed by atoms with Gasteiger partial charge in [0.05, 0.1) is 12.5 Å². The molecule has 1 rings (SSSR count). The summed E-state index contributed by atoms with van der Waals surface area (Å²) in [6.07, 6.45) is 0.0926. The van der Waals surface area contributed by atoms with E-state index in [0.717, 1.165) is 6.54 Å². The zero-order valence-corrected chi connectivity index (χ0v) is 8.97. The fourth-order valence-electron chi connectivity index (χ4n) is 1.47. The van der Waals surface area contributed by atoms with Crippen molar-refractivity contribution in [3.63, 3.8) is 0 Å². The van der Waals surface area contributed by atoms with Gasteiger partial charge in [0.15, 0.2) is 0 Å². The Bertz CT molecular complexity index is 223. The number of carbonyl (C=O) groups is 2. The smallest absolute Gasteiger partial charge is 0.240 e. The second kappa shape index (κ2) is 5.82. The zero-order chi connectivity index (χ0) is 9.84. The molecule has 3 N–H and O–H groups in total. The molecular weight excluding hydrogens is 206 g/mol. The van der Waals surface area contributed by atoms with Crippen molar-refractivity contribution in [2.24, 2.45) is 5.73 Å². The molecule has 0 aromatic rings. The van der Waals surface area contributed by atoms with Crippen molar-refractivity contribution in [3.05, 3.63) is 0 Å². The maximum absolute atomic E-state index is 11.5. The molecule has 1 fully saturated rings. The van der Waals surface area contributed by atoms with Crippen LogP contribution in [0.2, 0.25) is 0 Å². The molecule has 0 aromatic carbocycles. The Labute approximate surface area is 89.4 Å². The van der Waals surface area contributed by atoms with Gasteiger partial charge in [-0.25, -0.2) is 0 Å². The second-order valence-electron chi connectivity index (χ2n) is 3.10. The van der Waals surface area contributed by atoms with Gasteiger partial charge in [0.25, 0.3) is 0 Å². The van der Waals surface area contributed by atoms with Crippen LogP contribution in [0.3, 0.4) is 0 Å². The summed E-state index contributed by atoms with van der Waals surface area (Å²) in [7, 11) is 0. The lowest BCUT2D eigenvalue weighted by atomic mass is 10.1. The van der Waals surface area contributed by atoms with Crippen LogP contribution in [0.1, 0.15) is 13.3 Å². The number of nitrogens with zero attached hydrogens (tertiary/aromatic N) is 1. The molecule has 0 bridgehead atoms. The fourth-order valence-corrected chi connectivity index (χ4v) is 1.47. The lowest BCUT2D eigenvalue weighted by Crippen LogP contribution is -2.55. The van der Waals surface area contributed by atoms with Gasteiger partial charge in [-0.1, -0.05) is 0 Å². The predicted octanol–water partition coefficient (Wildman–Crippen LogP) is -0.896. The molecule has 82 valence electrons. The van der Waals surface area contributed by atoms with Crippen LogP contribution >= 0.6 is 12.4 Å². The number of hydrogen-bond acceptors (Lipinski definition) is 3. The van der Waals surface area contributed by atoms with Crippen LogP contribution in [-0.4, -0.2) is 42.4 Å². The third-order valence-corrected chi connectivity index (χ3v) is 2.17. The number of hydrogen-bond donors (Lipinski definition) is 2. The number of nitrogens with two attached hydrogens (primary N) is 1. The van der Waals surface area contributed by atoms with E-state index in [-0.39, 0.29) is 24.7 Å². The van der Waals surface area contributed by atoms with E-state index < -0.39 is 11.9 Å². The molecule has 14 heavy (non-hydrogen) atoms. The first-order valence-corrected chi connectivity index (χ1v) is 4.45. The van der Waals surface area contributed by atoms with Gasteiger partial charge in [-0.15, -0.1) is 12.4 Å². The monoisotopic (exact) mass is 221 g/mol. The summed E-state index contributed by atoms with van der Waals surface area (Å²) >= 11 is 0. The Morgan fingerprint density at radius 1 is 1.71 bits per heavy atom. The van der Waals surface area contributed by atoms with E-state index in [1.165, 1.54) is 0 Å². The average molecular weight is 222 g/mol. The van der Waals surface area contributed by atoms with Crippen LogP contribution in [0.15, 0.2) is 0 Å². The first-order chi connectivity index (χ1) is 6.15. The first kappa shape index (κ1) is 13.2. The normalized spacial score (nSPS) is 21.6. The van der Waals surface area contributed by atoms with Crippen molar-refractivity contribution >= 4 is 24.2 Å². The highest BCUT2D eigenvalue weighted by Gasteiger charge is 2.28. The highest BCUT2D eigenvalue weighted by molar-refractivity contribution is 5.88. The number of nitrogens with one attached hydrogen (secondary N) is 1. The minimum atomic E-state index is -0.441. The van der Waals surface area contributed by atoms with E-state index >= 15 is 0 Å². The Hall–Kier alpha value is -0.810. The molecule has 0 aromatic heterocycles. The topological polar surface area (TPSA) is 75.4 Å². The number of rotatable bonds is 3. The molecule has 1 aliphatic rings. The van der Waals surface area contributed by atoms with E-state index in [9.17, 15) is 9.59 Å². The van der Waals surface area contributed by atoms with Crippen molar-refractivity contribution in [2.45, 2.75) is 19.4 Å². The van der Waals surface area contributed by atoms with E-state index in [1.54, 1.807) is 4.90 Å². The van der Waals surface area contributed by atoms with Gasteiger partial charge in [0, 0.05) is 19.6 Å². The van der Waals surface area contributed by atoms with Gasteiger partial charge in [0.1, 0.15) is 0 Å². The Kier molecular flexibility index (Phi) is 5.49. The number of halogens is 1. The molecule has 0 radical (unpaired) electrons. The Morgan fingerprint density at radius 2 is 2.36 bits per heavy atom. The minimum absolute atomic E-state index is 0. The maximum Gasteiger partial charge on any atom is 0.240 e.